The quantitative estimate of drug-likeness (QED) is 0.842. The van der Waals surface area contributed by atoms with Gasteiger partial charge in [0.2, 0.25) is 0 Å². The largest absolute Gasteiger partial charge is 0.373 e. The highest BCUT2D eigenvalue weighted by Crippen LogP contribution is 2.38. The van der Waals surface area contributed by atoms with Crippen LogP contribution < -0.4 is 10.9 Å². The Labute approximate surface area is 122 Å². The van der Waals surface area contributed by atoms with Gasteiger partial charge in [-0.25, -0.2) is 9.97 Å². The number of hydrogen-bond acceptors (Lipinski definition) is 5. The minimum absolute atomic E-state index is 0.0611. The van der Waals surface area contributed by atoms with Crippen LogP contribution in [0.4, 0.5) is 0 Å². The summed E-state index contributed by atoms with van der Waals surface area (Å²) in [5, 5.41) is 3.36. The highest BCUT2D eigenvalue weighted by molar-refractivity contribution is 5.71. The first-order chi connectivity index (χ1) is 10.3. The van der Waals surface area contributed by atoms with Gasteiger partial charge < -0.3 is 10.1 Å². The molecule has 1 unspecified atom stereocenters. The van der Waals surface area contributed by atoms with Gasteiger partial charge in [-0.3, -0.25) is 9.36 Å². The van der Waals surface area contributed by atoms with E-state index in [2.05, 4.69) is 15.3 Å². The molecule has 6 nitrogen and oxygen atoms in total. The summed E-state index contributed by atoms with van der Waals surface area (Å²) < 4.78 is 7.77. The fourth-order valence-corrected chi connectivity index (χ4v) is 3.45. The summed E-state index contributed by atoms with van der Waals surface area (Å²) in [7, 11) is 0. The molecule has 21 heavy (non-hydrogen) atoms. The van der Waals surface area contributed by atoms with E-state index in [0.29, 0.717) is 17.6 Å². The summed E-state index contributed by atoms with van der Waals surface area (Å²) in [6.07, 6.45) is 6.18. The first kappa shape index (κ1) is 12.9. The molecular weight excluding hydrogens is 268 g/mol. The monoisotopic (exact) mass is 286 g/mol. The Kier molecular flexibility index (Phi) is 3.01. The van der Waals surface area contributed by atoms with Crippen molar-refractivity contribution in [3.63, 3.8) is 0 Å². The summed E-state index contributed by atoms with van der Waals surface area (Å²) in [5.41, 5.74) is 0.953. The maximum Gasteiger partial charge on any atom is 0.280 e. The summed E-state index contributed by atoms with van der Waals surface area (Å²) in [5.74, 6) is 0. The molecule has 4 rings (SSSR count). The predicted molar refractivity (Wildman–Crippen MR) is 78.2 cm³/mol. The van der Waals surface area contributed by atoms with E-state index in [4.69, 9.17) is 4.74 Å². The number of nitrogens with zero attached hydrogens (tertiary/aromatic N) is 3. The Morgan fingerprint density at radius 1 is 1.33 bits per heavy atom. The molecule has 110 valence electrons. The lowest BCUT2D eigenvalue weighted by Crippen LogP contribution is -2.41. The minimum atomic E-state index is -0.0693. The Hall–Kier alpha value is -1.79. The van der Waals surface area contributed by atoms with Crippen molar-refractivity contribution in [2.45, 2.75) is 30.9 Å². The number of ether oxygens (including phenoxy) is 1. The predicted octanol–water partition coefficient (Wildman–Crippen LogP) is 0.875. The molecule has 2 aromatic heterocycles. The van der Waals surface area contributed by atoms with E-state index in [1.54, 1.807) is 23.2 Å². The molecule has 2 aliphatic heterocycles. The zero-order chi connectivity index (χ0) is 14.3. The van der Waals surface area contributed by atoms with E-state index >= 15 is 0 Å². The minimum Gasteiger partial charge on any atom is -0.373 e. The smallest absolute Gasteiger partial charge is 0.280 e. The van der Waals surface area contributed by atoms with Crippen molar-refractivity contribution in [3.05, 3.63) is 35.0 Å². The second-order valence-electron chi connectivity index (χ2n) is 5.93. The van der Waals surface area contributed by atoms with Crippen LogP contribution in [0.1, 0.15) is 25.3 Å². The lowest BCUT2D eigenvalue weighted by Gasteiger charge is -2.32. The lowest BCUT2D eigenvalue weighted by atomic mass is 9.88. The van der Waals surface area contributed by atoms with Crippen LogP contribution in [0, 0.1) is 0 Å². The zero-order valence-corrected chi connectivity index (χ0v) is 11.8. The number of hydrogen-bond donors (Lipinski definition) is 1. The summed E-state index contributed by atoms with van der Waals surface area (Å²) >= 11 is 0. The van der Waals surface area contributed by atoms with Gasteiger partial charge in [0.25, 0.3) is 5.56 Å². The van der Waals surface area contributed by atoms with Crippen LogP contribution in [0.3, 0.4) is 0 Å². The average molecular weight is 286 g/mol. The first-order valence-electron chi connectivity index (χ1n) is 7.44. The second-order valence-corrected chi connectivity index (χ2v) is 5.93. The van der Waals surface area contributed by atoms with Crippen LogP contribution >= 0.6 is 0 Å². The molecule has 6 heteroatoms. The average Bonchev–Trinajstić information content (AvgIpc) is 2.92. The molecule has 0 amide bonds. The Bertz CT molecular complexity index is 721. The van der Waals surface area contributed by atoms with Gasteiger partial charge in [0.05, 0.1) is 30.1 Å². The Morgan fingerprint density at radius 2 is 2.19 bits per heavy atom. The van der Waals surface area contributed by atoms with Gasteiger partial charge in [-0.1, -0.05) is 0 Å². The first-order valence-corrected chi connectivity index (χ1v) is 7.44. The molecule has 1 atom stereocenters. The highest BCUT2D eigenvalue weighted by Gasteiger charge is 2.42. The molecule has 1 spiro atoms. The number of aromatic nitrogens is 3. The van der Waals surface area contributed by atoms with Gasteiger partial charge in [-0.2, -0.15) is 0 Å². The van der Waals surface area contributed by atoms with E-state index in [-0.39, 0.29) is 17.2 Å². The fourth-order valence-electron chi connectivity index (χ4n) is 3.45. The van der Waals surface area contributed by atoms with E-state index in [1.165, 1.54) is 0 Å². The Balaban J connectivity index is 1.68. The molecule has 2 aliphatic rings. The number of rotatable bonds is 1. The van der Waals surface area contributed by atoms with Crippen LogP contribution in [0.25, 0.3) is 11.0 Å². The van der Waals surface area contributed by atoms with Gasteiger partial charge >= 0.3 is 0 Å². The van der Waals surface area contributed by atoms with Crippen LogP contribution in [-0.2, 0) is 4.74 Å². The van der Waals surface area contributed by atoms with E-state index < -0.39 is 0 Å². The molecule has 0 saturated carbocycles. The third-order valence-corrected chi connectivity index (χ3v) is 4.64. The molecule has 4 heterocycles. The van der Waals surface area contributed by atoms with Crippen molar-refractivity contribution in [2.75, 3.05) is 19.7 Å². The number of nitrogens with one attached hydrogen (secondary N) is 1. The molecule has 0 bridgehead atoms. The molecular formula is C15H18N4O2. The van der Waals surface area contributed by atoms with Crippen LogP contribution in [-0.4, -0.2) is 39.8 Å². The van der Waals surface area contributed by atoms with Gasteiger partial charge in [-0.15, -0.1) is 0 Å². The van der Waals surface area contributed by atoms with Crippen molar-refractivity contribution < 1.29 is 4.74 Å². The highest BCUT2D eigenvalue weighted by atomic mass is 16.5. The number of piperidine rings is 1. The Morgan fingerprint density at radius 3 is 3.05 bits per heavy atom. The zero-order valence-electron chi connectivity index (χ0n) is 11.8. The number of fused-ring (bicyclic) bond motifs is 1. The maximum atomic E-state index is 12.6. The second kappa shape index (κ2) is 4.89. The topological polar surface area (TPSA) is 69.0 Å². The molecule has 1 N–H and O–H groups in total. The van der Waals surface area contributed by atoms with Crippen LogP contribution in [0.2, 0.25) is 0 Å². The van der Waals surface area contributed by atoms with E-state index in [9.17, 15) is 4.79 Å². The third-order valence-electron chi connectivity index (χ3n) is 4.64. The molecule has 2 fully saturated rings. The molecule has 0 aliphatic carbocycles. The van der Waals surface area contributed by atoms with Crippen LogP contribution in [0.15, 0.2) is 29.5 Å². The van der Waals surface area contributed by atoms with E-state index in [1.807, 2.05) is 6.07 Å². The summed E-state index contributed by atoms with van der Waals surface area (Å²) in [4.78, 5) is 21.1. The van der Waals surface area contributed by atoms with Crippen molar-refractivity contribution in [2.24, 2.45) is 0 Å². The molecule has 2 saturated heterocycles. The van der Waals surface area contributed by atoms with Crippen molar-refractivity contribution in [3.8, 4) is 0 Å². The van der Waals surface area contributed by atoms with Gasteiger partial charge in [0, 0.05) is 6.20 Å². The summed E-state index contributed by atoms with van der Waals surface area (Å²) in [6, 6.07) is 3.67. The third kappa shape index (κ3) is 2.15. The molecule has 0 radical (unpaired) electrons. The normalized spacial score (nSPS) is 24.7. The lowest BCUT2D eigenvalue weighted by molar-refractivity contribution is -0.0196. The fraction of sp³-hybridized carbons (Fsp3) is 0.533. The standard InChI is InChI=1S/C15H18N4O2/c20-14-13-12(2-1-5-17-13)18-10-19(14)11-8-15(21-9-11)3-6-16-7-4-15/h1-2,5,10-11,16H,3-4,6-9H2. The molecule has 2 aromatic rings. The van der Waals surface area contributed by atoms with Gasteiger partial charge in [0.1, 0.15) is 0 Å². The maximum absolute atomic E-state index is 12.6. The van der Waals surface area contributed by atoms with Gasteiger partial charge in [-0.05, 0) is 44.5 Å². The number of pyridine rings is 1. The van der Waals surface area contributed by atoms with Crippen LogP contribution in [0.5, 0.6) is 0 Å². The SMILES string of the molecule is O=c1c2ncccc2ncn1C1COC2(CCNCC2)C1. The van der Waals surface area contributed by atoms with Crippen molar-refractivity contribution in [1.82, 2.24) is 19.9 Å². The molecule has 0 aromatic carbocycles. The van der Waals surface area contributed by atoms with Gasteiger partial charge in [0.15, 0.2) is 5.52 Å². The van der Waals surface area contributed by atoms with Crippen molar-refractivity contribution >= 4 is 11.0 Å². The van der Waals surface area contributed by atoms with Crippen molar-refractivity contribution in [1.29, 1.82) is 0 Å². The van der Waals surface area contributed by atoms with E-state index in [0.717, 1.165) is 32.4 Å². The summed E-state index contributed by atoms with van der Waals surface area (Å²) in [6.45, 7) is 2.55.